The molecule has 32 heavy (non-hydrogen) atoms. The predicted molar refractivity (Wildman–Crippen MR) is 129 cm³/mol. The molecule has 1 fully saturated rings. The van der Waals surface area contributed by atoms with E-state index in [4.69, 9.17) is 14.5 Å². The summed E-state index contributed by atoms with van der Waals surface area (Å²) in [5.74, 6) is 2.69. The van der Waals surface area contributed by atoms with Gasteiger partial charge in [-0.25, -0.2) is 4.98 Å². The topological polar surface area (TPSA) is 50.7 Å². The lowest BCUT2D eigenvalue weighted by atomic mass is 10.0. The van der Waals surface area contributed by atoms with Crippen LogP contribution in [0.3, 0.4) is 0 Å². The highest BCUT2D eigenvalue weighted by atomic mass is 16.5. The molecule has 2 heterocycles. The summed E-state index contributed by atoms with van der Waals surface area (Å²) in [5.41, 5.74) is 3.08. The van der Waals surface area contributed by atoms with E-state index < -0.39 is 0 Å². The number of ether oxygens (including phenoxy) is 2. The SMILES string of the molecule is COc1ccc2cc(-c3cncc(N4CCN(c5ccccc5OC)CC4)n3)ccc2c1. The normalized spacial score (nSPS) is 13.9. The number of hydrogen-bond acceptors (Lipinski definition) is 6. The molecule has 0 N–H and O–H groups in total. The highest BCUT2D eigenvalue weighted by Crippen LogP contribution is 2.30. The van der Waals surface area contributed by atoms with Gasteiger partial charge in [0, 0.05) is 31.7 Å². The molecule has 0 bridgehead atoms. The van der Waals surface area contributed by atoms with E-state index in [1.54, 1.807) is 14.2 Å². The van der Waals surface area contributed by atoms with Gasteiger partial charge in [0.1, 0.15) is 17.3 Å². The van der Waals surface area contributed by atoms with Gasteiger partial charge in [-0.05, 0) is 41.1 Å². The average Bonchev–Trinajstić information content (AvgIpc) is 2.88. The van der Waals surface area contributed by atoms with Crippen LogP contribution in [-0.4, -0.2) is 50.4 Å². The Labute approximate surface area is 188 Å². The molecule has 5 rings (SSSR count). The summed E-state index contributed by atoms with van der Waals surface area (Å²) in [5, 5.41) is 2.30. The highest BCUT2D eigenvalue weighted by Gasteiger charge is 2.21. The first-order chi connectivity index (χ1) is 15.7. The maximum atomic E-state index is 5.53. The molecular formula is C26H26N4O2. The minimum Gasteiger partial charge on any atom is -0.497 e. The number of aromatic nitrogens is 2. The van der Waals surface area contributed by atoms with Gasteiger partial charge in [-0.15, -0.1) is 0 Å². The van der Waals surface area contributed by atoms with Crippen molar-refractivity contribution in [1.29, 1.82) is 0 Å². The molecule has 3 aromatic carbocycles. The molecule has 162 valence electrons. The first kappa shape index (κ1) is 20.1. The van der Waals surface area contributed by atoms with Gasteiger partial charge in [-0.1, -0.05) is 30.3 Å². The van der Waals surface area contributed by atoms with Gasteiger partial charge in [0.05, 0.1) is 38.0 Å². The lowest BCUT2D eigenvalue weighted by molar-refractivity contribution is 0.413. The Morgan fingerprint density at radius 1 is 0.750 bits per heavy atom. The van der Waals surface area contributed by atoms with E-state index in [-0.39, 0.29) is 0 Å². The van der Waals surface area contributed by atoms with Crippen LogP contribution in [0.1, 0.15) is 0 Å². The van der Waals surface area contributed by atoms with Crippen molar-refractivity contribution in [3.63, 3.8) is 0 Å². The Hall–Kier alpha value is -3.80. The molecule has 1 aromatic heterocycles. The number of benzene rings is 3. The standard InChI is InChI=1S/C26H26N4O2/c1-31-22-10-9-19-15-21(8-7-20(19)16-22)23-17-27-18-26(28-23)30-13-11-29(12-14-30)24-5-3-4-6-25(24)32-2/h3-10,15-18H,11-14H2,1-2H3. The van der Waals surface area contributed by atoms with E-state index in [0.717, 1.165) is 71.2 Å². The third kappa shape index (κ3) is 3.91. The summed E-state index contributed by atoms with van der Waals surface area (Å²) >= 11 is 0. The molecule has 1 aliphatic rings. The fourth-order valence-electron chi connectivity index (χ4n) is 4.22. The molecule has 1 aliphatic heterocycles. The van der Waals surface area contributed by atoms with Crippen molar-refractivity contribution in [3.8, 4) is 22.8 Å². The number of para-hydroxylation sites is 2. The van der Waals surface area contributed by atoms with Crippen molar-refractivity contribution in [3.05, 3.63) is 73.1 Å². The molecule has 6 nitrogen and oxygen atoms in total. The maximum absolute atomic E-state index is 5.53. The van der Waals surface area contributed by atoms with Gasteiger partial charge >= 0.3 is 0 Å². The number of fused-ring (bicyclic) bond motifs is 1. The Morgan fingerprint density at radius 3 is 2.31 bits per heavy atom. The van der Waals surface area contributed by atoms with Gasteiger partial charge in [0.15, 0.2) is 0 Å². The van der Waals surface area contributed by atoms with Gasteiger partial charge in [-0.3, -0.25) is 4.98 Å². The first-order valence-corrected chi connectivity index (χ1v) is 10.8. The van der Waals surface area contributed by atoms with E-state index in [1.165, 1.54) is 0 Å². The van der Waals surface area contributed by atoms with Crippen molar-refractivity contribution >= 4 is 22.3 Å². The number of hydrogen-bond donors (Lipinski definition) is 0. The smallest absolute Gasteiger partial charge is 0.147 e. The maximum Gasteiger partial charge on any atom is 0.147 e. The van der Waals surface area contributed by atoms with Crippen LogP contribution >= 0.6 is 0 Å². The summed E-state index contributed by atoms with van der Waals surface area (Å²) in [4.78, 5) is 14.1. The third-order valence-corrected chi connectivity index (χ3v) is 5.99. The minimum absolute atomic E-state index is 0.860. The monoisotopic (exact) mass is 426 g/mol. The summed E-state index contributed by atoms with van der Waals surface area (Å²) in [6.45, 7) is 3.58. The molecule has 4 aromatic rings. The van der Waals surface area contributed by atoms with Crippen molar-refractivity contribution in [2.75, 3.05) is 50.2 Å². The molecule has 0 atom stereocenters. The number of piperazine rings is 1. The first-order valence-electron chi connectivity index (χ1n) is 10.8. The van der Waals surface area contributed by atoms with E-state index in [2.05, 4.69) is 51.2 Å². The number of nitrogens with zero attached hydrogens (tertiary/aromatic N) is 4. The minimum atomic E-state index is 0.860. The van der Waals surface area contributed by atoms with Crippen LogP contribution in [0.5, 0.6) is 11.5 Å². The summed E-state index contributed by atoms with van der Waals surface area (Å²) < 4.78 is 10.9. The van der Waals surface area contributed by atoms with Gasteiger partial charge in [0.25, 0.3) is 0 Å². The summed E-state index contributed by atoms with van der Waals surface area (Å²) in [7, 11) is 3.41. The van der Waals surface area contributed by atoms with Crippen LogP contribution in [0.2, 0.25) is 0 Å². The highest BCUT2D eigenvalue weighted by molar-refractivity contribution is 5.88. The third-order valence-electron chi connectivity index (χ3n) is 5.99. The van der Waals surface area contributed by atoms with Gasteiger partial charge < -0.3 is 19.3 Å². The predicted octanol–water partition coefficient (Wildman–Crippen LogP) is 4.64. The van der Waals surface area contributed by atoms with Gasteiger partial charge in [0.2, 0.25) is 0 Å². The Kier molecular flexibility index (Phi) is 5.50. The van der Waals surface area contributed by atoms with E-state index in [9.17, 15) is 0 Å². The molecule has 0 amide bonds. The average molecular weight is 427 g/mol. The van der Waals surface area contributed by atoms with Crippen LogP contribution in [0, 0.1) is 0 Å². The van der Waals surface area contributed by atoms with Crippen molar-refractivity contribution < 1.29 is 9.47 Å². The Balaban J connectivity index is 1.34. The molecule has 0 spiro atoms. The second-order valence-corrected chi connectivity index (χ2v) is 7.84. The number of methoxy groups -OCH3 is 2. The second kappa shape index (κ2) is 8.75. The fraction of sp³-hybridized carbons (Fsp3) is 0.231. The second-order valence-electron chi connectivity index (χ2n) is 7.84. The largest absolute Gasteiger partial charge is 0.497 e. The van der Waals surface area contributed by atoms with Crippen LogP contribution < -0.4 is 19.3 Å². The van der Waals surface area contributed by atoms with E-state index in [0.29, 0.717) is 0 Å². The summed E-state index contributed by atoms with van der Waals surface area (Å²) in [6.07, 6.45) is 3.69. The molecule has 0 radical (unpaired) electrons. The lowest BCUT2D eigenvalue weighted by Gasteiger charge is -2.37. The fourth-order valence-corrected chi connectivity index (χ4v) is 4.22. The molecular weight excluding hydrogens is 400 g/mol. The zero-order chi connectivity index (χ0) is 21.9. The van der Waals surface area contributed by atoms with Crippen molar-refractivity contribution in [2.24, 2.45) is 0 Å². The quantitative estimate of drug-likeness (QED) is 0.463. The molecule has 1 saturated heterocycles. The van der Waals surface area contributed by atoms with Crippen LogP contribution in [0.4, 0.5) is 11.5 Å². The molecule has 0 unspecified atom stereocenters. The van der Waals surface area contributed by atoms with Crippen molar-refractivity contribution in [1.82, 2.24) is 9.97 Å². The van der Waals surface area contributed by atoms with Crippen LogP contribution in [0.25, 0.3) is 22.0 Å². The van der Waals surface area contributed by atoms with Crippen LogP contribution in [-0.2, 0) is 0 Å². The zero-order valence-corrected chi connectivity index (χ0v) is 18.4. The summed E-state index contributed by atoms with van der Waals surface area (Å²) in [6, 6.07) is 20.6. The Bertz CT molecular complexity index is 1240. The van der Waals surface area contributed by atoms with E-state index >= 15 is 0 Å². The molecule has 0 saturated carbocycles. The van der Waals surface area contributed by atoms with Crippen molar-refractivity contribution in [2.45, 2.75) is 0 Å². The molecule has 6 heteroatoms. The lowest BCUT2D eigenvalue weighted by Crippen LogP contribution is -2.47. The van der Waals surface area contributed by atoms with E-state index in [1.807, 2.05) is 36.7 Å². The van der Waals surface area contributed by atoms with Crippen LogP contribution in [0.15, 0.2) is 73.1 Å². The number of anilines is 2. The zero-order valence-electron chi connectivity index (χ0n) is 18.4. The van der Waals surface area contributed by atoms with Gasteiger partial charge in [-0.2, -0.15) is 0 Å². The number of rotatable bonds is 5. The Morgan fingerprint density at radius 2 is 1.50 bits per heavy atom. The molecule has 0 aliphatic carbocycles.